The molecule has 0 aliphatic carbocycles. The molecule has 23 heavy (non-hydrogen) atoms. The molecule has 0 aromatic heterocycles. The Labute approximate surface area is 139 Å². The van der Waals surface area contributed by atoms with E-state index in [1.165, 1.54) is 12.8 Å². The summed E-state index contributed by atoms with van der Waals surface area (Å²) in [6, 6.07) is 7.98. The number of hydrogen-bond donors (Lipinski definition) is 2. The molecule has 5 nitrogen and oxygen atoms in total. The summed E-state index contributed by atoms with van der Waals surface area (Å²) in [5.74, 6) is 1.63. The Morgan fingerprint density at radius 2 is 2.09 bits per heavy atom. The van der Waals surface area contributed by atoms with Crippen molar-refractivity contribution in [1.82, 2.24) is 15.5 Å². The zero-order valence-corrected chi connectivity index (χ0v) is 14.5. The number of amides is 2. The molecule has 0 radical (unpaired) electrons. The van der Waals surface area contributed by atoms with Crippen molar-refractivity contribution < 1.29 is 9.53 Å². The van der Waals surface area contributed by atoms with E-state index in [9.17, 15) is 4.79 Å². The van der Waals surface area contributed by atoms with Crippen LogP contribution in [-0.4, -0.2) is 43.7 Å². The molecule has 2 rings (SSSR count). The molecule has 1 aliphatic heterocycles. The van der Waals surface area contributed by atoms with Gasteiger partial charge in [-0.25, -0.2) is 4.79 Å². The zero-order valence-electron chi connectivity index (χ0n) is 14.5. The van der Waals surface area contributed by atoms with Gasteiger partial charge in [0.25, 0.3) is 0 Å². The van der Waals surface area contributed by atoms with E-state index < -0.39 is 0 Å². The molecule has 1 saturated heterocycles. The number of ether oxygens (including phenoxy) is 1. The fourth-order valence-corrected chi connectivity index (χ4v) is 2.87. The van der Waals surface area contributed by atoms with Gasteiger partial charge in [-0.2, -0.15) is 0 Å². The fraction of sp³-hybridized carbons (Fsp3) is 0.611. The molecule has 1 aliphatic rings. The lowest BCUT2D eigenvalue weighted by Crippen LogP contribution is -2.47. The van der Waals surface area contributed by atoms with Gasteiger partial charge in [0, 0.05) is 19.1 Å². The summed E-state index contributed by atoms with van der Waals surface area (Å²) in [6.07, 6.45) is 2.51. The van der Waals surface area contributed by atoms with Crippen LogP contribution in [0.5, 0.6) is 5.75 Å². The monoisotopic (exact) mass is 319 g/mol. The maximum absolute atomic E-state index is 11.9. The van der Waals surface area contributed by atoms with E-state index in [2.05, 4.69) is 29.4 Å². The second kappa shape index (κ2) is 8.77. The highest BCUT2D eigenvalue weighted by Gasteiger charge is 2.20. The van der Waals surface area contributed by atoms with Crippen molar-refractivity contribution >= 4 is 6.03 Å². The Morgan fingerprint density at radius 3 is 2.78 bits per heavy atom. The van der Waals surface area contributed by atoms with Crippen molar-refractivity contribution in [3.05, 3.63) is 29.8 Å². The first-order chi connectivity index (χ1) is 11.1. The summed E-state index contributed by atoms with van der Waals surface area (Å²) in [6.45, 7) is 7.94. The third-order valence-electron chi connectivity index (χ3n) is 4.59. The Morgan fingerprint density at radius 1 is 1.35 bits per heavy atom. The van der Waals surface area contributed by atoms with Crippen LogP contribution in [0.25, 0.3) is 0 Å². The number of urea groups is 1. The first-order valence-electron chi connectivity index (χ1n) is 8.47. The van der Waals surface area contributed by atoms with Gasteiger partial charge in [0.05, 0.1) is 7.11 Å². The molecule has 1 atom stereocenters. The van der Waals surface area contributed by atoms with Crippen molar-refractivity contribution in [3.8, 4) is 5.75 Å². The molecule has 1 unspecified atom stereocenters. The number of nitrogens with zero attached hydrogens (tertiary/aromatic N) is 1. The number of hydrogen-bond acceptors (Lipinski definition) is 3. The number of likely N-dealkylation sites (tertiary alicyclic amines) is 1. The summed E-state index contributed by atoms with van der Waals surface area (Å²) in [7, 11) is 1.64. The van der Waals surface area contributed by atoms with Crippen LogP contribution < -0.4 is 15.4 Å². The minimum absolute atomic E-state index is 0.120. The number of carbonyl (C=O) groups excluding carboxylic acids is 1. The van der Waals surface area contributed by atoms with Crippen LogP contribution in [0.3, 0.4) is 0 Å². The van der Waals surface area contributed by atoms with Crippen molar-refractivity contribution in [2.45, 2.75) is 39.3 Å². The molecule has 0 saturated carbocycles. The van der Waals surface area contributed by atoms with Crippen LogP contribution in [0.1, 0.15) is 32.3 Å². The molecule has 128 valence electrons. The molecule has 1 heterocycles. The van der Waals surface area contributed by atoms with Crippen molar-refractivity contribution in [2.24, 2.45) is 5.92 Å². The topological polar surface area (TPSA) is 53.6 Å². The Balaban J connectivity index is 1.68. The van der Waals surface area contributed by atoms with E-state index in [1.54, 1.807) is 7.11 Å². The van der Waals surface area contributed by atoms with Gasteiger partial charge >= 0.3 is 6.03 Å². The highest BCUT2D eigenvalue weighted by atomic mass is 16.5. The predicted molar refractivity (Wildman–Crippen MR) is 92.7 cm³/mol. The van der Waals surface area contributed by atoms with Crippen LogP contribution in [0, 0.1) is 5.92 Å². The normalized spacial score (nSPS) is 17.5. The smallest absolute Gasteiger partial charge is 0.315 e. The third kappa shape index (κ3) is 5.75. The number of methoxy groups -OCH3 is 1. The number of benzene rings is 1. The Hall–Kier alpha value is -1.75. The summed E-state index contributed by atoms with van der Waals surface area (Å²) in [5, 5.41) is 5.86. The van der Waals surface area contributed by atoms with E-state index >= 15 is 0 Å². The van der Waals surface area contributed by atoms with E-state index in [4.69, 9.17) is 4.74 Å². The molecule has 1 aromatic carbocycles. The zero-order chi connectivity index (χ0) is 16.7. The summed E-state index contributed by atoms with van der Waals surface area (Å²) < 4.78 is 5.18. The van der Waals surface area contributed by atoms with Crippen molar-refractivity contribution in [2.75, 3.05) is 26.7 Å². The SMILES string of the molecule is COc1cccc(CNC(=O)NCC(C)N2CCC(C)CC2)c1. The number of piperidine rings is 1. The van der Waals surface area contributed by atoms with E-state index in [-0.39, 0.29) is 6.03 Å². The van der Waals surface area contributed by atoms with Gasteiger partial charge in [0.1, 0.15) is 5.75 Å². The Kier molecular flexibility index (Phi) is 6.71. The standard InChI is InChI=1S/C18H29N3O2/c1-14-7-9-21(10-8-14)15(2)12-19-18(22)20-13-16-5-4-6-17(11-16)23-3/h4-6,11,14-15H,7-10,12-13H2,1-3H3,(H2,19,20,22). The van der Waals surface area contributed by atoms with Crippen LogP contribution in [0.4, 0.5) is 4.79 Å². The molecule has 2 N–H and O–H groups in total. The lowest BCUT2D eigenvalue weighted by Gasteiger charge is -2.34. The Bertz CT molecular complexity index is 499. The first-order valence-corrected chi connectivity index (χ1v) is 8.47. The molecular weight excluding hydrogens is 290 g/mol. The van der Waals surface area contributed by atoms with E-state index in [0.717, 1.165) is 30.3 Å². The lowest BCUT2D eigenvalue weighted by atomic mass is 9.98. The van der Waals surface area contributed by atoms with Gasteiger partial charge < -0.3 is 15.4 Å². The lowest BCUT2D eigenvalue weighted by molar-refractivity contribution is 0.145. The predicted octanol–water partition coefficient (Wildman–Crippen LogP) is 2.61. The van der Waals surface area contributed by atoms with E-state index in [0.29, 0.717) is 19.1 Å². The molecule has 0 bridgehead atoms. The summed E-state index contributed by atoms with van der Waals surface area (Å²) in [4.78, 5) is 14.4. The van der Waals surface area contributed by atoms with Crippen LogP contribution in [0.15, 0.2) is 24.3 Å². The second-order valence-corrected chi connectivity index (χ2v) is 6.48. The van der Waals surface area contributed by atoms with Gasteiger partial charge in [-0.05, 0) is 56.5 Å². The van der Waals surface area contributed by atoms with Gasteiger partial charge in [0.2, 0.25) is 0 Å². The van der Waals surface area contributed by atoms with Crippen LogP contribution in [-0.2, 0) is 6.54 Å². The molecule has 0 spiro atoms. The highest BCUT2D eigenvalue weighted by Crippen LogP contribution is 2.17. The maximum atomic E-state index is 11.9. The van der Waals surface area contributed by atoms with Gasteiger partial charge in [-0.3, -0.25) is 4.90 Å². The van der Waals surface area contributed by atoms with Crippen LogP contribution >= 0.6 is 0 Å². The maximum Gasteiger partial charge on any atom is 0.315 e. The molecule has 1 fully saturated rings. The number of carbonyl (C=O) groups is 1. The fourth-order valence-electron chi connectivity index (χ4n) is 2.87. The van der Waals surface area contributed by atoms with Crippen molar-refractivity contribution in [3.63, 3.8) is 0 Å². The largest absolute Gasteiger partial charge is 0.497 e. The first kappa shape index (κ1) is 17.6. The summed E-state index contributed by atoms with van der Waals surface area (Å²) in [5.41, 5.74) is 1.03. The third-order valence-corrected chi connectivity index (χ3v) is 4.59. The number of nitrogens with one attached hydrogen (secondary N) is 2. The second-order valence-electron chi connectivity index (χ2n) is 6.48. The van der Waals surface area contributed by atoms with Crippen LogP contribution in [0.2, 0.25) is 0 Å². The van der Waals surface area contributed by atoms with Gasteiger partial charge in [-0.15, -0.1) is 0 Å². The highest BCUT2D eigenvalue weighted by molar-refractivity contribution is 5.73. The molecular formula is C18H29N3O2. The minimum Gasteiger partial charge on any atom is -0.497 e. The summed E-state index contributed by atoms with van der Waals surface area (Å²) >= 11 is 0. The van der Waals surface area contributed by atoms with Crippen molar-refractivity contribution in [1.29, 1.82) is 0 Å². The quantitative estimate of drug-likeness (QED) is 0.847. The van der Waals surface area contributed by atoms with E-state index in [1.807, 2.05) is 24.3 Å². The number of rotatable bonds is 6. The minimum atomic E-state index is -0.120. The average molecular weight is 319 g/mol. The van der Waals surface area contributed by atoms with Gasteiger partial charge in [-0.1, -0.05) is 19.1 Å². The van der Waals surface area contributed by atoms with Gasteiger partial charge in [0.15, 0.2) is 0 Å². The molecule has 1 aromatic rings. The molecule has 5 heteroatoms. The average Bonchev–Trinajstić information content (AvgIpc) is 2.58. The molecule has 2 amide bonds.